The molecule has 0 N–H and O–H groups in total. The summed E-state index contributed by atoms with van der Waals surface area (Å²) in [7, 11) is 0. The molecule has 0 amide bonds. The van der Waals surface area contributed by atoms with Crippen LogP contribution in [0.2, 0.25) is 0 Å². The van der Waals surface area contributed by atoms with Crippen molar-refractivity contribution in [3.05, 3.63) is 11.6 Å². The fourth-order valence-corrected chi connectivity index (χ4v) is 1.60. The number of allylic oxidation sites excluding steroid dienone is 2. The van der Waals surface area contributed by atoms with E-state index in [9.17, 15) is 4.79 Å². The lowest BCUT2D eigenvalue weighted by atomic mass is 10.0. The molecular weight excluding hydrogens is 148 g/mol. The van der Waals surface area contributed by atoms with E-state index in [1.165, 1.54) is 18.4 Å². The molecule has 1 atom stereocenters. The maximum absolute atomic E-state index is 10.5. The van der Waals surface area contributed by atoms with Crippen LogP contribution in [0.3, 0.4) is 0 Å². The molecular formula is C11H18O. The van der Waals surface area contributed by atoms with Gasteiger partial charge in [-0.15, -0.1) is 0 Å². The summed E-state index contributed by atoms with van der Waals surface area (Å²) in [5.41, 5.74) is 1.50. The summed E-state index contributed by atoms with van der Waals surface area (Å²) < 4.78 is 0. The van der Waals surface area contributed by atoms with Crippen molar-refractivity contribution in [2.45, 2.75) is 39.5 Å². The fraction of sp³-hybridized carbons (Fsp3) is 0.727. The second-order valence-corrected chi connectivity index (χ2v) is 4.13. The molecule has 0 spiro atoms. The van der Waals surface area contributed by atoms with Gasteiger partial charge < -0.3 is 4.79 Å². The standard InChI is InChI=1S/C11H18O/c1-9(2)3-4-10-5-6-11(7-10)8-12/h5,8-9,11H,3-4,6-7H2,1-2H3. The Morgan fingerprint density at radius 3 is 2.92 bits per heavy atom. The quantitative estimate of drug-likeness (QED) is 0.463. The zero-order valence-electron chi connectivity index (χ0n) is 8.05. The van der Waals surface area contributed by atoms with Crippen LogP contribution in [0.5, 0.6) is 0 Å². The van der Waals surface area contributed by atoms with Crippen LogP contribution in [0.1, 0.15) is 39.5 Å². The maximum atomic E-state index is 10.5. The van der Waals surface area contributed by atoms with Gasteiger partial charge in [-0.05, 0) is 31.6 Å². The molecule has 0 fully saturated rings. The first kappa shape index (κ1) is 9.50. The molecule has 0 heterocycles. The molecule has 12 heavy (non-hydrogen) atoms. The predicted octanol–water partition coefficient (Wildman–Crippen LogP) is 2.96. The first-order valence-corrected chi connectivity index (χ1v) is 4.85. The second kappa shape index (κ2) is 4.44. The number of rotatable bonds is 4. The summed E-state index contributed by atoms with van der Waals surface area (Å²) in [6.45, 7) is 4.49. The monoisotopic (exact) mass is 166 g/mol. The van der Waals surface area contributed by atoms with Gasteiger partial charge in [0, 0.05) is 5.92 Å². The van der Waals surface area contributed by atoms with Crippen molar-refractivity contribution in [1.82, 2.24) is 0 Å². The molecule has 0 aromatic carbocycles. The highest BCUT2D eigenvalue weighted by Crippen LogP contribution is 2.27. The summed E-state index contributed by atoms with van der Waals surface area (Å²) >= 11 is 0. The Bertz CT molecular complexity index is 179. The van der Waals surface area contributed by atoms with E-state index >= 15 is 0 Å². The Hall–Kier alpha value is -0.590. The van der Waals surface area contributed by atoms with Gasteiger partial charge in [-0.1, -0.05) is 25.5 Å². The SMILES string of the molecule is CC(C)CCC1=CCC(C=O)C1. The Morgan fingerprint density at radius 1 is 1.67 bits per heavy atom. The highest BCUT2D eigenvalue weighted by atomic mass is 16.1. The van der Waals surface area contributed by atoms with E-state index in [-0.39, 0.29) is 0 Å². The van der Waals surface area contributed by atoms with Crippen LogP contribution in [0.25, 0.3) is 0 Å². The minimum absolute atomic E-state index is 0.298. The largest absolute Gasteiger partial charge is 0.303 e. The third-order valence-corrected chi connectivity index (χ3v) is 2.47. The summed E-state index contributed by atoms with van der Waals surface area (Å²) in [5.74, 6) is 1.08. The van der Waals surface area contributed by atoms with Crippen LogP contribution in [0.15, 0.2) is 11.6 Å². The molecule has 1 nitrogen and oxygen atoms in total. The molecule has 1 aliphatic rings. The van der Waals surface area contributed by atoms with Gasteiger partial charge in [0.1, 0.15) is 6.29 Å². The number of carbonyl (C=O) groups is 1. The van der Waals surface area contributed by atoms with Crippen LogP contribution >= 0.6 is 0 Å². The van der Waals surface area contributed by atoms with Crippen LogP contribution in [-0.4, -0.2) is 6.29 Å². The summed E-state index contributed by atoms with van der Waals surface area (Å²) in [4.78, 5) is 10.5. The molecule has 0 bridgehead atoms. The Morgan fingerprint density at radius 2 is 2.42 bits per heavy atom. The van der Waals surface area contributed by atoms with Crippen LogP contribution < -0.4 is 0 Å². The summed E-state index contributed by atoms with van der Waals surface area (Å²) in [6.07, 6.45) is 7.81. The van der Waals surface area contributed by atoms with Crippen molar-refractivity contribution < 1.29 is 4.79 Å². The lowest BCUT2D eigenvalue weighted by Crippen LogP contribution is -1.95. The van der Waals surface area contributed by atoms with E-state index in [0.717, 1.165) is 25.0 Å². The van der Waals surface area contributed by atoms with Gasteiger partial charge >= 0.3 is 0 Å². The van der Waals surface area contributed by atoms with Crippen molar-refractivity contribution in [3.8, 4) is 0 Å². The lowest BCUT2D eigenvalue weighted by molar-refractivity contribution is -0.110. The van der Waals surface area contributed by atoms with E-state index < -0.39 is 0 Å². The molecule has 0 saturated heterocycles. The maximum Gasteiger partial charge on any atom is 0.123 e. The smallest absolute Gasteiger partial charge is 0.123 e. The van der Waals surface area contributed by atoms with E-state index in [0.29, 0.717) is 5.92 Å². The van der Waals surface area contributed by atoms with Crippen molar-refractivity contribution in [3.63, 3.8) is 0 Å². The normalized spacial score (nSPS) is 22.9. The van der Waals surface area contributed by atoms with Gasteiger partial charge in [0.2, 0.25) is 0 Å². The summed E-state index contributed by atoms with van der Waals surface area (Å²) in [6, 6.07) is 0. The van der Waals surface area contributed by atoms with E-state index in [1.807, 2.05) is 0 Å². The zero-order valence-corrected chi connectivity index (χ0v) is 8.05. The molecule has 1 unspecified atom stereocenters. The lowest BCUT2D eigenvalue weighted by Gasteiger charge is -2.05. The molecule has 68 valence electrons. The average Bonchev–Trinajstić information content (AvgIpc) is 2.48. The summed E-state index contributed by atoms with van der Waals surface area (Å²) in [5, 5.41) is 0. The zero-order chi connectivity index (χ0) is 8.97. The topological polar surface area (TPSA) is 17.1 Å². The molecule has 1 heteroatoms. The molecule has 0 radical (unpaired) electrons. The van der Waals surface area contributed by atoms with Crippen LogP contribution in [0, 0.1) is 11.8 Å². The average molecular weight is 166 g/mol. The molecule has 1 rings (SSSR count). The van der Waals surface area contributed by atoms with Gasteiger partial charge in [0.15, 0.2) is 0 Å². The third kappa shape index (κ3) is 2.80. The molecule has 0 aliphatic heterocycles. The first-order valence-electron chi connectivity index (χ1n) is 4.85. The number of hydrogen-bond donors (Lipinski definition) is 0. The Kier molecular flexibility index (Phi) is 3.51. The number of aldehydes is 1. The molecule has 0 saturated carbocycles. The predicted molar refractivity (Wildman–Crippen MR) is 50.9 cm³/mol. The van der Waals surface area contributed by atoms with Crippen molar-refractivity contribution in [1.29, 1.82) is 0 Å². The minimum Gasteiger partial charge on any atom is -0.303 e. The number of hydrogen-bond acceptors (Lipinski definition) is 1. The fourth-order valence-electron chi connectivity index (χ4n) is 1.60. The van der Waals surface area contributed by atoms with Crippen LogP contribution in [0.4, 0.5) is 0 Å². The van der Waals surface area contributed by atoms with Gasteiger partial charge in [0.05, 0.1) is 0 Å². The van der Waals surface area contributed by atoms with Crippen molar-refractivity contribution in [2.75, 3.05) is 0 Å². The molecule has 1 aliphatic carbocycles. The van der Waals surface area contributed by atoms with Crippen LogP contribution in [-0.2, 0) is 4.79 Å². The number of carbonyl (C=O) groups excluding carboxylic acids is 1. The van der Waals surface area contributed by atoms with E-state index in [1.54, 1.807) is 0 Å². The van der Waals surface area contributed by atoms with Gasteiger partial charge in [-0.3, -0.25) is 0 Å². The highest BCUT2D eigenvalue weighted by molar-refractivity contribution is 5.55. The van der Waals surface area contributed by atoms with E-state index in [4.69, 9.17) is 0 Å². The first-order chi connectivity index (χ1) is 5.72. The Labute approximate surface area is 74.9 Å². The Balaban J connectivity index is 2.22. The van der Waals surface area contributed by atoms with Gasteiger partial charge in [-0.2, -0.15) is 0 Å². The molecule has 0 aromatic rings. The highest BCUT2D eigenvalue weighted by Gasteiger charge is 2.15. The van der Waals surface area contributed by atoms with Gasteiger partial charge in [0.25, 0.3) is 0 Å². The van der Waals surface area contributed by atoms with Crippen molar-refractivity contribution >= 4 is 6.29 Å². The molecule has 0 aromatic heterocycles. The third-order valence-electron chi connectivity index (χ3n) is 2.47. The second-order valence-electron chi connectivity index (χ2n) is 4.13. The van der Waals surface area contributed by atoms with Gasteiger partial charge in [-0.25, -0.2) is 0 Å². The minimum atomic E-state index is 0.298. The van der Waals surface area contributed by atoms with E-state index in [2.05, 4.69) is 19.9 Å². The van der Waals surface area contributed by atoms with Crippen molar-refractivity contribution in [2.24, 2.45) is 11.8 Å².